The van der Waals surface area contributed by atoms with Crippen molar-refractivity contribution in [3.8, 4) is 0 Å². The Morgan fingerprint density at radius 1 is 0.857 bits per heavy atom. The van der Waals surface area contributed by atoms with E-state index in [0.717, 1.165) is 72.9 Å². The molecule has 1 aliphatic heterocycles. The summed E-state index contributed by atoms with van der Waals surface area (Å²) in [7, 11) is 0. The first kappa shape index (κ1) is 13.4. The first-order valence-electron chi connectivity index (χ1n) is 9.35. The molecule has 2 nitrogen and oxygen atoms in total. The minimum absolute atomic E-state index is 0.263. The molecule has 4 aliphatic carbocycles. The molecule has 0 spiro atoms. The summed E-state index contributed by atoms with van der Waals surface area (Å²) in [5.41, 5.74) is 0. The maximum atomic E-state index is 5.90. The van der Waals surface area contributed by atoms with Crippen LogP contribution in [0.15, 0.2) is 0 Å². The number of hydrogen-bond donors (Lipinski definition) is 0. The molecule has 9 unspecified atom stereocenters. The van der Waals surface area contributed by atoms with Gasteiger partial charge in [-0.2, -0.15) is 0 Å². The third kappa shape index (κ3) is 1.67. The van der Waals surface area contributed by atoms with E-state index in [0.29, 0.717) is 0 Å². The number of fused-ring (bicyclic) bond motifs is 9. The van der Waals surface area contributed by atoms with E-state index in [1.165, 1.54) is 12.8 Å². The van der Waals surface area contributed by atoms with Gasteiger partial charge in [0, 0.05) is 6.42 Å². The zero-order valence-electron chi connectivity index (χ0n) is 13.8. The fourth-order valence-electron chi connectivity index (χ4n) is 7.75. The van der Waals surface area contributed by atoms with Gasteiger partial charge in [-0.1, -0.05) is 13.8 Å². The van der Waals surface area contributed by atoms with Crippen molar-refractivity contribution >= 4 is 0 Å². The molecule has 5 aliphatic rings. The Kier molecular flexibility index (Phi) is 2.71. The molecule has 21 heavy (non-hydrogen) atoms. The maximum Gasteiger partial charge on any atom is 0.166 e. The third-order valence-electron chi connectivity index (χ3n) is 8.51. The number of ether oxygens (including phenoxy) is 2. The van der Waals surface area contributed by atoms with Crippen LogP contribution in [-0.2, 0) is 9.47 Å². The molecule has 4 bridgehead atoms. The Labute approximate surface area is 129 Å². The van der Waals surface area contributed by atoms with Gasteiger partial charge in [-0.05, 0) is 79.4 Å². The predicted octanol–water partition coefficient (Wildman–Crippen LogP) is 3.95. The molecule has 4 saturated carbocycles. The molecule has 5 rings (SSSR count). The molecule has 0 aromatic rings. The van der Waals surface area contributed by atoms with Crippen LogP contribution in [0.25, 0.3) is 0 Å². The van der Waals surface area contributed by atoms with E-state index in [-0.39, 0.29) is 5.79 Å². The van der Waals surface area contributed by atoms with Crippen LogP contribution in [0.5, 0.6) is 0 Å². The van der Waals surface area contributed by atoms with Gasteiger partial charge in [0.05, 0.1) is 13.2 Å². The van der Waals surface area contributed by atoms with Crippen LogP contribution in [0, 0.1) is 53.3 Å². The Morgan fingerprint density at radius 2 is 1.52 bits per heavy atom. The highest BCUT2D eigenvalue weighted by atomic mass is 16.7. The summed E-state index contributed by atoms with van der Waals surface area (Å²) in [6.07, 6.45) is 5.71. The molecule has 9 atom stereocenters. The lowest BCUT2D eigenvalue weighted by molar-refractivity contribution is -0.161. The highest BCUT2D eigenvalue weighted by molar-refractivity contribution is 5.14. The van der Waals surface area contributed by atoms with E-state index in [2.05, 4.69) is 20.8 Å². The third-order valence-corrected chi connectivity index (χ3v) is 8.51. The van der Waals surface area contributed by atoms with Crippen LogP contribution in [0.1, 0.15) is 46.5 Å². The van der Waals surface area contributed by atoms with Crippen LogP contribution in [-0.4, -0.2) is 19.0 Å². The number of hydrogen-bond acceptors (Lipinski definition) is 2. The molecular formula is C19H30O2. The summed E-state index contributed by atoms with van der Waals surface area (Å²) >= 11 is 0. The summed E-state index contributed by atoms with van der Waals surface area (Å²) < 4.78 is 11.8. The second kappa shape index (κ2) is 4.26. The van der Waals surface area contributed by atoms with Gasteiger partial charge in [-0.25, -0.2) is 0 Å². The number of rotatable bonds is 2. The summed E-state index contributed by atoms with van der Waals surface area (Å²) in [6, 6.07) is 0. The molecule has 0 aromatic heterocycles. The van der Waals surface area contributed by atoms with Gasteiger partial charge >= 0.3 is 0 Å². The predicted molar refractivity (Wildman–Crippen MR) is 81.5 cm³/mol. The average molecular weight is 290 g/mol. The molecule has 0 radical (unpaired) electrons. The smallest absolute Gasteiger partial charge is 0.166 e. The van der Waals surface area contributed by atoms with Crippen molar-refractivity contribution in [3.63, 3.8) is 0 Å². The lowest BCUT2D eigenvalue weighted by Gasteiger charge is -2.44. The van der Waals surface area contributed by atoms with Gasteiger partial charge in [0.2, 0.25) is 0 Å². The monoisotopic (exact) mass is 290 g/mol. The summed E-state index contributed by atoms with van der Waals surface area (Å²) in [4.78, 5) is 0. The van der Waals surface area contributed by atoms with Gasteiger partial charge in [-0.3, -0.25) is 0 Å². The fourth-order valence-corrected chi connectivity index (χ4v) is 7.75. The topological polar surface area (TPSA) is 18.5 Å². The second-order valence-electron chi connectivity index (χ2n) is 9.13. The van der Waals surface area contributed by atoms with Crippen molar-refractivity contribution in [1.29, 1.82) is 0 Å². The molecule has 0 amide bonds. The van der Waals surface area contributed by atoms with Crippen LogP contribution < -0.4 is 0 Å². The highest BCUT2D eigenvalue weighted by Gasteiger charge is 2.66. The van der Waals surface area contributed by atoms with Crippen LogP contribution in [0.3, 0.4) is 0 Å². The molecule has 2 heteroatoms. The lowest BCUT2D eigenvalue weighted by Crippen LogP contribution is -2.41. The van der Waals surface area contributed by atoms with Gasteiger partial charge in [0.15, 0.2) is 5.79 Å². The van der Waals surface area contributed by atoms with Gasteiger partial charge in [-0.15, -0.1) is 0 Å². The molecular weight excluding hydrogens is 260 g/mol. The van der Waals surface area contributed by atoms with Crippen LogP contribution >= 0.6 is 0 Å². The Hall–Kier alpha value is -0.0800. The summed E-state index contributed by atoms with van der Waals surface area (Å²) in [5, 5.41) is 0. The van der Waals surface area contributed by atoms with E-state index in [9.17, 15) is 0 Å². The minimum Gasteiger partial charge on any atom is -0.348 e. The second-order valence-corrected chi connectivity index (χ2v) is 9.13. The molecule has 0 aromatic carbocycles. The van der Waals surface area contributed by atoms with E-state index in [1.54, 1.807) is 6.42 Å². The van der Waals surface area contributed by atoms with E-state index in [4.69, 9.17) is 9.47 Å². The SMILES string of the molecule is CC1C(C)C2CC1C1C3CC(CC4(C)OCCO4)C(C3)C21. The Balaban J connectivity index is 1.37. The van der Waals surface area contributed by atoms with Crippen molar-refractivity contribution in [2.75, 3.05) is 13.2 Å². The Morgan fingerprint density at radius 3 is 2.24 bits per heavy atom. The quantitative estimate of drug-likeness (QED) is 0.717. The minimum atomic E-state index is -0.263. The lowest BCUT2D eigenvalue weighted by atomic mass is 9.61. The molecule has 5 fully saturated rings. The summed E-state index contributed by atoms with van der Waals surface area (Å²) in [5.74, 6) is 8.90. The van der Waals surface area contributed by atoms with Gasteiger partial charge in [0.25, 0.3) is 0 Å². The van der Waals surface area contributed by atoms with Gasteiger partial charge in [0.1, 0.15) is 0 Å². The average Bonchev–Trinajstić information content (AvgIpc) is 3.19. The molecule has 0 N–H and O–H groups in total. The van der Waals surface area contributed by atoms with Gasteiger partial charge < -0.3 is 9.47 Å². The fraction of sp³-hybridized carbons (Fsp3) is 1.00. The zero-order valence-corrected chi connectivity index (χ0v) is 13.8. The first-order chi connectivity index (χ1) is 10.1. The molecule has 1 saturated heterocycles. The van der Waals surface area contributed by atoms with Crippen LogP contribution in [0.4, 0.5) is 0 Å². The zero-order chi connectivity index (χ0) is 14.4. The van der Waals surface area contributed by atoms with Crippen molar-refractivity contribution < 1.29 is 9.47 Å². The van der Waals surface area contributed by atoms with Crippen LogP contribution in [0.2, 0.25) is 0 Å². The molecule has 118 valence electrons. The van der Waals surface area contributed by atoms with E-state index < -0.39 is 0 Å². The summed E-state index contributed by atoms with van der Waals surface area (Å²) in [6.45, 7) is 8.84. The largest absolute Gasteiger partial charge is 0.348 e. The first-order valence-corrected chi connectivity index (χ1v) is 9.35. The normalized spacial score (nSPS) is 59.9. The van der Waals surface area contributed by atoms with E-state index in [1.807, 2.05) is 0 Å². The van der Waals surface area contributed by atoms with Crippen molar-refractivity contribution in [2.24, 2.45) is 53.3 Å². The standard InChI is InChI=1S/C19H30O2/c1-10-11(2)15-8-14(10)17-12-6-13(16(7-12)18(15)17)9-19(3)20-4-5-21-19/h10-18H,4-9H2,1-3H3. The van der Waals surface area contributed by atoms with Crippen molar-refractivity contribution in [1.82, 2.24) is 0 Å². The van der Waals surface area contributed by atoms with Crippen molar-refractivity contribution in [2.45, 2.75) is 52.2 Å². The van der Waals surface area contributed by atoms with Crippen molar-refractivity contribution in [3.05, 3.63) is 0 Å². The Bertz CT molecular complexity index is 441. The highest BCUT2D eigenvalue weighted by Crippen LogP contribution is 2.71. The van der Waals surface area contributed by atoms with E-state index >= 15 is 0 Å². The molecule has 1 heterocycles. The maximum absolute atomic E-state index is 5.90.